The zero-order chi connectivity index (χ0) is 21.6. The summed E-state index contributed by atoms with van der Waals surface area (Å²) in [6.45, 7) is 2.73. The van der Waals surface area contributed by atoms with E-state index in [1.165, 1.54) is 19.3 Å². The Balaban J connectivity index is 1.51. The summed E-state index contributed by atoms with van der Waals surface area (Å²) >= 11 is 0. The van der Waals surface area contributed by atoms with Crippen molar-refractivity contribution >= 4 is 27.6 Å². The van der Waals surface area contributed by atoms with Gasteiger partial charge in [-0.15, -0.1) is 0 Å². The fraction of sp³-hybridized carbons (Fsp3) is 0.619. The van der Waals surface area contributed by atoms with E-state index in [2.05, 4.69) is 15.4 Å². The van der Waals surface area contributed by atoms with Crippen LogP contribution in [0.1, 0.15) is 62.2 Å². The van der Waals surface area contributed by atoms with E-state index in [4.69, 9.17) is 0 Å². The molecular formula is C21H32N4O4S. The van der Waals surface area contributed by atoms with Crippen LogP contribution < -0.4 is 15.4 Å². The highest BCUT2D eigenvalue weighted by atomic mass is 32.2. The molecule has 0 spiro atoms. The van der Waals surface area contributed by atoms with Gasteiger partial charge < -0.3 is 15.5 Å². The van der Waals surface area contributed by atoms with E-state index >= 15 is 0 Å². The molecule has 1 aliphatic heterocycles. The molecule has 1 aromatic carbocycles. The predicted molar refractivity (Wildman–Crippen MR) is 117 cm³/mol. The summed E-state index contributed by atoms with van der Waals surface area (Å²) in [7, 11) is -3.47. The molecule has 8 nitrogen and oxygen atoms in total. The Labute approximate surface area is 178 Å². The minimum absolute atomic E-state index is 0.00834. The summed E-state index contributed by atoms with van der Waals surface area (Å²) in [4.78, 5) is 27.1. The molecule has 1 saturated heterocycles. The number of hydrogen-bond acceptors (Lipinski definition) is 4. The van der Waals surface area contributed by atoms with E-state index in [0.29, 0.717) is 31.5 Å². The zero-order valence-electron chi connectivity index (χ0n) is 17.5. The number of carbonyl (C=O) groups excluding carboxylic acids is 2. The number of benzene rings is 1. The van der Waals surface area contributed by atoms with Crippen molar-refractivity contribution in [1.29, 1.82) is 0 Å². The molecule has 9 heteroatoms. The first-order valence-corrected chi connectivity index (χ1v) is 12.5. The molecule has 0 unspecified atom stereocenters. The number of anilines is 1. The minimum atomic E-state index is -3.47. The molecule has 2 aliphatic rings. The van der Waals surface area contributed by atoms with Crippen molar-refractivity contribution in [3.05, 3.63) is 29.8 Å². The number of rotatable bonds is 6. The van der Waals surface area contributed by atoms with Crippen molar-refractivity contribution in [2.24, 2.45) is 0 Å². The molecule has 1 heterocycles. The number of carbonyl (C=O) groups is 2. The summed E-state index contributed by atoms with van der Waals surface area (Å²) < 4.78 is 26.2. The van der Waals surface area contributed by atoms with Gasteiger partial charge in [0.05, 0.1) is 17.0 Å². The number of nitrogens with zero attached hydrogens (tertiary/aromatic N) is 1. The molecule has 0 aromatic heterocycles. The van der Waals surface area contributed by atoms with Crippen molar-refractivity contribution in [3.8, 4) is 0 Å². The van der Waals surface area contributed by atoms with Crippen LogP contribution in [0.2, 0.25) is 0 Å². The van der Waals surface area contributed by atoms with Crippen LogP contribution in [0, 0.1) is 0 Å². The first-order chi connectivity index (χ1) is 14.4. The first kappa shape index (κ1) is 22.4. The van der Waals surface area contributed by atoms with Gasteiger partial charge >= 0.3 is 6.03 Å². The van der Waals surface area contributed by atoms with Gasteiger partial charge in [0.15, 0.2) is 0 Å². The van der Waals surface area contributed by atoms with Crippen LogP contribution in [0.4, 0.5) is 10.5 Å². The Morgan fingerprint density at radius 2 is 1.60 bits per heavy atom. The highest BCUT2D eigenvalue weighted by molar-refractivity contribution is 7.92. The average molecular weight is 437 g/mol. The smallest absolute Gasteiger partial charge is 0.317 e. The molecule has 1 aromatic rings. The third kappa shape index (κ3) is 6.10. The van der Waals surface area contributed by atoms with Gasteiger partial charge in [0, 0.05) is 25.2 Å². The highest BCUT2D eigenvalue weighted by Gasteiger charge is 2.26. The largest absolute Gasteiger partial charge is 0.349 e. The molecule has 1 aliphatic carbocycles. The molecular weight excluding hydrogens is 404 g/mol. The Morgan fingerprint density at radius 1 is 0.967 bits per heavy atom. The van der Waals surface area contributed by atoms with Crippen molar-refractivity contribution in [2.75, 3.05) is 23.6 Å². The molecule has 166 valence electrons. The summed E-state index contributed by atoms with van der Waals surface area (Å²) in [6.07, 6.45) is 7.06. The number of likely N-dealkylation sites (tertiary alicyclic amines) is 1. The van der Waals surface area contributed by atoms with Gasteiger partial charge in [-0.05, 0) is 44.7 Å². The number of urea groups is 1. The van der Waals surface area contributed by atoms with Gasteiger partial charge in [-0.2, -0.15) is 0 Å². The maximum atomic E-state index is 12.7. The lowest BCUT2D eigenvalue weighted by Crippen LogP contribution is -2.51. The quantitative estimate of drug-likeness (QED) is 0.637. The van der Waals surface area contributed by atoms with Crippen molar-refractivity contribution in [1.82, 2.24) is 15.5 Å². The molecule has 2 fully saturated rings. The topological polar surface area (TPSA) is 108 Å². The monoisotopic (exact) mass is 436 g/mol. The number of nitrogens with one attached hydrogen (secondary N) is 3. The van der Waals surface area contributed by atoms with Gasteiger partial charge in [0.2, 0.25) is 10.0 Å². The van der Waals surface area contributed by atoms with E-state index in [0.717, 1.165) is 12.8 Å². The van der Waals surface area contributed by atoms with Gasteiger partial charge in [0.25, 0.3) is 5.91 Å². The summed E-state index contributed by atoms with van der Waals surface area (Å²) in [5.74, 6) is -0.376. The third-order valence-corrected chi connectivity index (χ3v) is 7.16. The maximum Gasteiger partial charge on any atom is 0.317 e. The van der Waals surface area contributed by atoms with Crippen molar-refractivity contribution < 1.29 is 18.0 Å². The molecule has 30 heavy (non-hydrogen) atoms. The second-order valence-electron chi connectivity index (χ2n) is 8.07. The Kier molecular flexibility index (Phi) is 7.58. The minimum Gasteiger partial charge on any atom is -0.349 e. The maximum absolute atomic E-state index is 12.7. The molecule has 0 radical (unpaired) electrons. The number of piperidine rings is 1. The summed E-state index contributed by atoms with van der Waals surface area (Å²) in [5, 5.41) is 6.13. The highest BCUT2D eigenvalue weighted by Crippen LogP contribution is 2.20. The zero-order valence-corrected chi connectivity index (χ0v) is 18.3. The van der Waals surface area contributed by atoms with Gasteiger partial charge in [-0.1, -0.05) is 31.4 Å². The molecule has 3 N–H and O–H groups in total. The van der Waals surface area contributed by atoms with Crippen LogP contribution in [0.3, 0.4) is 0 Å². The summed E-state index contributed by atoms with van der Waals surface area (Å²) in [6, 6.07) is 6.81. The van der Waals surface area contributed by atoms with E-state index in [1.54, 1.807) is 31.2 Å². The van der Waals surface area contributed by atoms with E-state index in [-0.39, 0.29) is 35.5 Å². The number of para-hydroxylation sites is 1. The van der Waals surface area contributed by atoms with E-state index in [9.17, 15) is 18.0 Å². The molecule has 3 rings (SSSR count). The Bertz CT molecular complexity index is 844. The van der Waals surface area contributed by atoms with Gasteiger partial charge in [-0.3, -0.25) is 9.52 Å². The van der Waals surface area contributed by atoms with Crippen molar-refractivity contribution in [2.45, 2.75) is 64.0 Å². The Morgan fingerprint density at radius 3 is 2.27 bits per heavy atom. The van der Waals surface area contributed by atoms with Crippen LogP contribution in [-0.4, -0.2) is 56.2 Å². The molecule has 0 atom stereocenters. The SMILES string of the molecule is CCS(=O)(=O)Nc1ccccc1C(=O)NC1CCN(C(=O)NC2CCCCC2)CC1. The standard InChI is InChI=1S/C21H32N4O4S/c1-2-30(28,29)24-19-11-7-6-10-18(19)20(26)22-17-12-14-25(15-13-17)21(27)23-16-8-4-3-5-9-16/h6-7,10-11,16-17,24H,2-5,8-9,12-15H2,1H3,(H,22,26)(H,23,27). The lowest BCUT2D eigenvalue weighted by molar-refractivity contribution is 0.0918. The third-order valence-electron chi connectivity index (χ3n) is 5.87. The molecule has 3 amide bonds. The lowest BCUT2D eigenvalue weighted by Gasteiger charge is -2.34. The number of hydrogen-bond donors (Lipinski definition) is 3. The van der Waals surface area contributed by atoms with E-state index < -0.39 is 10.0 Å². The second kappa shape index (κ2) is 10.1. The average Bonchev–Trinajstić information content (AvgIpc) is 2.75. The Hall–Kier alpha value is -2.29. The van der Waals surface area contributed by atoms with E-state index in [1.807, 2.05) is 4.90 Å². The molecule has 0 bridgehead atoms. The molecule has 1 saturated carbocycles. The fourth-order valence-electron chi connectivity index (χ4n) is 4.01. The number of amides is 3. The number of sulfonamides is 1. The van der Waals surface area contributed by atoms with Crippen LogP contribution in [0.5, 0.6) is 0 Å². The van der Waals surface area contributed by atoms with Crippen LogP contribution in [0.15, 0.2) is 24.3 Å². The van der Waals surface area contributed by atoms with Crippen molar-refractivity contribution in [3.63, 3.8) is 0 Å². The normalized spacial score (nSPS) is 18.6. The van der Waals surface area contributed by atoms with Crippen LogP contribution >= 0.6 is 0 Å². The first-order valence-electron chi connectivity index (χ1n) is 10.8. The van der Waals surface area contributed by atoms with Crippen LogP contribution in [-0.2, 0) is 10.0 Å². The predicted octanol–water partition coefficient (Wildman–Crippen LogP) is 2.68. The van der Waals surface area contributed by atoms with Gasteiger partial charge in [-0.25, -0.2) is 13.2 Å². The van der Waals surface area contributed by atoms with Gasteiger partial charge in [0.1, 0.15) is 0 Å². The van der Waals surface area contributed by atoms with Crippen LogP contribution in [0.25, 0.3) is 0 Å². The fourth-order valence-corrected chi connectivity index (χ4v) is 4.67. The lowest BCUT2D eigenvalue weighted by atomic mass is 9.95. The summed E-state index contributed by atoms with van der Waals surface area (Å²) in [5.41, 5.74) is 0.577. The second-order valence-corrected chi connectivity index (χ2v) is 10.1.